The van der Waals surface area contributed by atoms with Crippen LogP contribution in [0.15, 0.2) is 48.1 Å². The van der Waals surface area contributed by atoms with E-state index in [1.165, 1.54) is 17.3 Å². The molecule has 0 aliphatic heterocycles. The number of thioether (sulfide) groups is 1. The van der Waals surface area contributed by atoms with Crippen LogP contribution in [0.2, 0.25) is 0 Å². The lowest BCUT2D eigenvalue weighted by molar-refractivity contribution is -0.118. The van der Waals surface area contributed by atoms with Crippen molar-refractivity contribution in [2.45, 2.75) is 24.7 Å². The van der Waals surface area contributed by atoms with E-state index in [0.717, 1.165) is 12.2 Å². The highest BCUT2D eigenvalue weighted by Crippen LogP contribution is 2.17. The Hall–Kier alpha value is -2.12. The van der Waals surface area contributed by atoms with Crippen LogP contribution < -0.4 is 5.32 Å². The maximum Gasteiger partial charge on any atom is 0.230 e. The first-order chi connectivity index (χ1) is 11.7. The second kappa shape index (κ2) is 9.89. The highest BCUT2D eigenvalue weighted by atomic mass is 32.2. The predicted octanol–water partition coefficient (Wildman–Crippen LogP) is 2.06. The number of ether oxygens (including phenoxy) is 1. The van der Waals surface area contributed by atoms with Gasteiger partial charge in [0.15, 0.2) is 11.0 Å². The molecule has 2 aromatic rings. The van der Waals surface area contributed by atoms with Gasteiger partial charge in [-0.1, -0.05) is 48.2 Å². The van der Waals surface area contributed by atoms with Crippen LogP contribution in [0.4, 0.5) is 0 Å². The summed E-state index contributed by atoms with van der Waals surface area (Å²) in [5.74, 6) is 1.01. The summed E-state index contributed by atoms with van der Waals surface area (Å²) < 4.78 is 7.00. The second-order valence-electron chi connectivity index (χ2n) is 5.11. The van der Waals surface area contributed by atoms with E-state index in [1.54, 1.807) is 13.2 Å². The lowest BCUT2D eigenvalue weighted by Gasteiger charge is -2.07. The Kier molecular flexibility index (Phi) is 7.51. The van der Waals surface area contributed by atoms with Crippen LogP contribution >= 0.6 is 11.8 Å². The fourth-order valence-corrected chi connectivity index (χ4v) is 2.94. The van der Waals surface area contributed by atoms with Crippen molar-refractivity contribution in [2.75, 3.05) is 19.4 Å². The Bertz CT molecular complexity index is 658. The first-order valence-corrected chi connectivity index (χ1v) is 8.68. The van der Waals surface area contributed by atoms with Crippen LogP contribution in [-0.2, 0) is 29.1 Å². The van der Waals surface area contributed by atoms with E-state index >= 15 is 0 Å². The molecule has 0 radical (unpaired) electrons. The number of hydrogen-bond donors (Lipinski definition) is 1. The molecule has 0 bridgehead atoms. The molecule has 1 aromatic heterocycles. The SMILES string of the molecule is C=CCn1c(COC)nnc1SCC(=O)NCCc1ccccc1. The van der Waals surface area contributed by atoms with Gasteiger partial charge in [0.1, 0.15) is 6.61 Å². The number of nitrogens with zero attached hydrogens (tertiary/aromatic N) is 3. The van der Waals surface area contributed by atoms with Crippen LogP contribution in [0.25, 0.3) is 0 Å². The Morgan fingerprint density at radius 3 is 2.88 bits per heavy atom. The third-order valence-electron chi connectivity index (χ3n) is 3.29. The number of allylic oxidation sites excluding steroid dienone is 1. The second-order valence-corrected chi connectivity index (χ2v) is 6.05. The first kappa shape index (κ1) is 18.2. The summed E-state index contributed by atoms with van der Waals surface area (Å²) in [4.78, 5) is 12.0. The molecule has 1 aromatic carbocycles. The van der Waals surface area contributed by atoms with Crippen molar-refractivity contribution in [3.05, 3.63) is 54.4 Å². The number of nitrogens with one attached hydrogen (secondary N) is 1. The average molecular weight is 346 g/mol. The minimum atomic E-state index is -0.0163. The largest absolute Gasteiger partial charge is 0.377 e. The lowest BCUT2D eigenvalue weighted by atomic mass is 10.1. The van der Waals surface area contributed by atoms with E-state index in [2.05, 4.69) is 34.2 Å². The van der Waals surface area contributed by atoms with E-state index in [9.17, 15) is 4.79 Å². The van der Waals surface area contributed by atoms with Gasteiger partial charge in [-0.05, 0) is 12.0 Å². The zero-order valence-electron chi connectivity index (χ0n) is 13.8. The van der Waals surface area contributed by atoms with Gasteiger partial charge in [0.05, 0.1) is 5.75 Å². The maximum absolute atomic E-state index is 12.0. The molecule has 0 saturated carbocycles. The third kappa shape index (κ3) is 5.50. The molecule has 0 aliphatic carbocycles. The van der Waals surface area contributed by atoms with Gasteiger partial charge in [0.25, 0.3) is 0 Å². The zero-order chi connectivity index (χ0) is 17.2. The molecule has 1 amide bonds. The molecule has 0 unspecified atom stereocenters. The summed E-state index contributed by atoms with van der Waals surface area (Å²) in [6, 6.07) is 10.1. The number of methoxy groups -OCH3 is 1. The summed E-state index contributed by atoms with van der Waals surface area (Å²) in [5, 5.41) is 11.8. The van der Waals surface area contributed by atoms with Gasteiger partial charge in [-0.3, -0.25) is 4.79 Å². The standard InChI is InChI=1S/C17H22N4O2S/c1-3-11-21-15(12-23-2)19-20-17(21)24-13-16(22)18-10-9-14-7-5-4-6-8-14/h3-8H,1,9-13H2,2H3,(H,18,22). The highest BCUT2D eigenvalue weighted by molar-refractivity contribution is 7.99. The Morgan fingerprint density at radius 1 is 1.38 bits per heavy atom. The zero-order valence-corrected chi connectivity index (χ0v) is 14.6. The number of rotatable bonds is 10. The van der Waals surface area contributed by atoms with Gasteiger partial charge in [0.2, 0.25) is 5.91 Å². The van der Waals surface area contributed by atoms with Crippen LogP contribution in [0.5, 0.6) is 0 Å². The van der Waals surface area contributed by atoms with Crippen molar-refractivity contribution in [1.82, 2.24) is 20.1 Å². The Labute approximate surface area is 146 Å². The Balaban J connectivity index is 1.79. The van der Waals surface area contributed by atoms with Gasteiger partial charge in [-0.15, -0.1) is 16.8 Å². The number of amides is 1. The van der Waals surface area contributed by atoms with Crippen molar-refractivity contribution in [3.8, 4) is 0 Å². The van der Waals surface area contributed by atoms with Crippen LogP contribution in [-0.4, -0.2) is 40.1 Å². The molecule has 1 heterocycles. The first-order valence-electron chi connectivity index (χ1n) is 7.70. The molecule has 0 spiro atoms. The molecule has 0 fully saturated rings. The lowest BCUT2D eigenvalue weighted by Crippen LogP contribution is -2.27. The van der Waals surface area contributed by atoms with Crippen LogP contribution in [0.3, 0.4) is 0 Å². The molecule has 0 atom stereocenters. The number of aromatic nitrogens is 3. The minimum Gasteiger partial charge on any atom is -0.377 e. The molecular weight excluding hydrogens is 324 g/mol. The summed E-state index contributed by atoms with van der Waals surface area (Å²) in [7, 11) is 1.61. The van der Waals surface area contributed by atoms with E-state index in [1.807, 2.05) is 22.8 Å². The van der Waals surface area contributed by atoms with Crippen LogP contribution in [0.1, 0.15) is 11.4 Å². The molecule has 1 N–H and O–H groups in total. The van der Waals surface area contributed by atoms with Crippen molar-refractivity contribution in [1.29, 1.82) is 0 Å². The molecule has 24 heavy (non-hydrogen) atoms. The summed E-state index contributed by atoms with van der Waals surface area (Å²) in [6.45, 7) is 5.33. The molecule has 0 saturated heterocycles. The van der Waals surface area contributed by atoms with Crippen molar-refractivity contribution >= 4 is 17.7 Å². The number of carbonyl (C=O) groups is 1. The van der Waals surface area contributed by atoms with Crippen molar-refractivity contribution in [2.24, 2.45) is 0 Å². The van der Waals surface area contributed by atoms with E-state index in [-0.39, 0.29) is 5.91 Å². The smallest absolute Gasteiger partial charge is 0.230 e. The number of hydrogen-bond acceptors (Lipinski definition) is 5. The van der Waals surface area contributed by atoms with Gasteiger partial charge >= 0.3 is 0 Å². The summed E-state index contributed by atoms with van der Waals surface area (Å²) in [6.07, 6.45) is 2.59. The van der Waals surface area contributed by atoms with E-state index in [0.29, 0.717) is 30.6 Å². The van der Waals surface area contributed by atoms with Gasteiger partial charge in [-0.25, -0.2) is 0 Å². The van der Waals surface area contributed by atoms with Gasteiger partial charge in [0, 0.05) is 20.2 Å². The third-order valence-corrected chi connectivity index (χ3v) is 4.26. The minimum absolute atomic E-state index is 0.0163. The number of benzene rings is 1. The quantitative estimate of drug-likeness (QED) is 0.527. The monoisotopic (exact) mass is 346 g/mol. The van der Waals surface area contributed by atoms with Gasteiger partial charge in [-0.2, -0.15) is 0 Å². The molecule has 6 nitrogen and oxygen atoms in total. The summed E-state index contributed by atoms with van der Waals surface area (Å²) >= 11 is 1.36. The topological polar surface area (TPSA) is 69.0 Å². The normalized spacial score (nSPS) is 10.5. The summed E-state index contributed by atoms with van der Waals surface area (Å²) in [5.41, 5.74) is 1.21. The molecular formula is C17H22N4O2S. The maximum atomic E-state index is 12.0. The van der Waals surface area contributed by atoms with E-state index in [4.69, 9.17) is 4.74 Å². The molecule has 0 aliphatic rings. The predicted molar refractivity (Wildman–Crippen MR) is 94.8 cm³/mol. The van der Waals surface area contributed by atoms with E-state index < -0.39 is 0 Å². The molecule has 7 heteroatoms. The Morgan fingerprint density at radius 2 is 2.17 bits per heavy atom. The van der Waals surface area contributed by atoms with Crippen molar-refractivity contribution in [3.63, 3.8) is 0 Å². The fourth-order valence-electron chi connectivity index (χ4n) is 2.15. The molecule has 128 valence electrons. The van der Waals surface area contributed by atoms with Crippen molar-refractivity contribution < 1.29 is 9.53 Å². The highest BCUT2D eigenvalue weighted by Gasteiger charge is 2.13. The number of carbonyl (C=O) groups excluding carboxylic acids is 1. The molecule has 2 rings (SSSR count). The van der Waals surface area contributed by atoms with Gasteiger partial charge < -0.3 is 14.6 Å². The van der Waals surface area contributed by atoms with Crippen LogP contribution in [0, 0.1) is 0 Å². The fraction of sp³-hybridized carbons (Fsp3) is 0.353. The average Bonchev–Trinajstić information content (AvgIpc) is 2.97.